The Balaban J connectivity index is 1.61. The Labute approximate surface area is 115 Å². The number of nitrogens with zero attached hydrogens (tertiary/aromatic N) is 4. The maximum Gasteiger partial charge on any atom is 0.306 e. The molecule has 0 bridgehead atoms. The first-order chi connectivity index (χ1) is 9.65. The Hall–Kier alpha value is -1.96. The minimum absolute atomic E-state index is 0.160. The summed E-state index contributed by atoms with van der Waals surface area (Å²) >= 11 is 0. The topological polar surface area (TPSA) is 100 Å². The summed E-state index contributed by atoms with van der Waals surface area (Å²) < 4.78 is 1.72. The van der Waals surface area contributed by atoms with Gasteiger partial charge in [0.05, 0.1) is 18.2 Å². The number of likely N-dealkylation sites (tertiary alicyclic amines) is 1. The second-order valence-electron chi connectivity index (χ2n) is 5.30. The van der Waals surface area contributed by atoms with Crippen LogP contribution in [0.5, 0.6) is 0 Å². The van der Waals surface area contributed by atoms with Gasteiger partial charge in [-0.1, -0.05) is 5.21 Å². The number of piperidine rings is 1. The lowest BCUT2D eigenvalue weighted by atomic mass is 9.97. The van der Waals surface area contributed by atoms with E-state index >= 15 is 0 Å². The van der Waals surface area contributed by atoms with Gasteiger partial charge in [-0.25, -0.2) is 4.68 Å². The van der Waals surface area contributed by atoms with Crippen LogP contribution >= 0.6 is 0 Å². The molecule has 2 aliphatic heterocycles. The van der Waals surface area contributed by atoms with Crippen molar-refractivity contribution in [3.05, 3.63) is 11.9 Å². The van der Waals surface area contributed by atoms with E-state index in [1.54, 1.807) is 15.8 Å². The summed E-state index contributed by atoms with van der Waals surface area (Å²) in [7, 11) is 0. The fraction of sp³-hybridized carbons (Fsp3) is 0.667. The van der Waals surface area contributed by atoms with Crippen molar-refractivity contribution in [3.8, 4) is 0 Å². The number of rotatable bonds is 3. The molecule has 8 heteroatoms. The normalized spacial score (nSPS) is 20.7. The molecule has 2 aliphatic rings. The fourth-order valence-corrected chi connectivity index (χ4v) is 2.51. The van der Waals surface area contributed by atoms with Crippen molar-refractivity contribution in [1.29, 1.82) is 0 Å². The predicted molar refractivity (Wildman–Crippen MR) is 68.2 cm³/mol. The largest absolute Gasteiger partial charge is 0.481 e. The lowest BCUT2D eigenvalue weighted by Crippen LogP contribution is -2.43. The highest BCUT2D eigenvalue weighted by Crippen LogP contribution is 2.19. The highest BCUT2D eigenvalue weighted by atomic mass is 16.4. The molecule has 2 N–H and O–H groups in total. The SMILES string of the molecule is O=C(O)C1CCN(C(=O)c2cn(C3CNC3)nn2)CC1. The number of amides is 1. The van der Waals surface area contributed by atoms with Gasteiger partial charge >= 0.3 is 5.97 Å². The number of hydrogen-bond donors (Lipinski definition) is 2. The standard InChI is InChI=1S/C12H17N5O3/c18-11(16-3-1-8(2-4-16)12(19)20)10-7-17(15-14-10)9-5-13-6-9/h7-9,13H,1-6H2,(H,19,20). The number of hydrogen-bond acceptors (Lipinski definition) is 5. The van der Waals surface area contributed by atoms with Gasteiger partial charge in [0.25, 0.3) is 5.91 Å². The maximum atomic E-state index is 12.3. The zero-order valence-electron chi connectivity index (χ0n) is 11.0. The third-order valence-electron chi connectivity index (χ3n) is 3.99. The van der Waals surface area contributed by atoms with E-state index in [1.807, 2.05) is 0 Å². The average Bonchev–Trinajstić information content (AvgIpc) is 2.85. The summed E-state index contributed by atoms with van der Waals surface area (Å²) in [6, 6.07) is 0.279. The predicted octanol–water partition coefficient (Wildman–Crippen LogP) is -0.641. The number of carbonyl (C=O) groups excluding carboxylic acids is 1. The number of aromatic nitrogens is 3. The average molecular weight is 279 g/mol. The van der Waals surface area contributed by atoms with Crippen molar-refractivity contribution in [2.24, 2.45) is 5.92 Å². The second-order valence-corrected chi connectivity index (χ2v) is 5.30. The van der Waals surface area contributed by atoms with Crippen molar-refractivity contribution in [1.82, 2.24) is 25.2 Å². The number of aliphatic carboxylic acids is 1. The van der Waals surface area contributed by atoms with E-state index in [-0.39, 0.29) is 17.9 Å². The van der Waals surface area contributed by atoms with Crippen LogP contribution in [-0.2, 0) is 4.79 Å². The number of carboxylic acids is 1. The van der Waals surface area contributed by atoms with E-state index in [1.165, 1.54) is 0 Å². The van der Waals surface area contributed by atoms with Gasteiger partial charge in [-0.3, -0.25) is 9.59 Å². The van der Waals surface area contributed by atoms with Crippen molar-refractivity contribution >= 4 is 11.9 Å². The summed E-state index contributed by atoms with van der Waals surface area (Å²) in [5.41, 5.74) is 0.339. The summed E-state index contributed by atoms with van der Waals surface area (Å²) in [4.78, 5) is 24.8. The van der Waals surface area contributed by atoms with Gasteiger partial charge < -0.3 is 15.3 Å². The number of carbonyl (C=O) groups is 2. The first-order valence-electron chi connectivity index (χ1n) is 6.80. The minimum Gasteiger partial charge on any atom is -0.481 e. The summed E-state index contributed by atoms with van der Waals surface area (Å²) in [6.07, 6.45) is 2.68. The molecule has 3 rings (SSSR count). The Morgan fingerprint density at radius 3 is 2.55 bits per heavy atom. The molecule has 0 aliphatic carbocycles. The fourth-order valence-electron chi connectivity index (χ4n) is 2.51. The molecule has 1 amide bonds. The van der Waals surface area contributed by atoms with E-state index < -0.39 is 5.97 Å². The van der Waals surface area contributed by atoms with E-state index in [9.17, 15) is 9.59 Å². The number of carboxylic acid groups (broad SMARTS) is 1. The molecule has 2 saturated heterocycles. The molecule has 3 heterocycles. The Kier molecular flexibility index (Phi) is 3.39. The summed E-state index contributed by atoms with van der Waals surface area (Å²) in [5.74, 6) is -1.27. The van der Waals surface area contributed by atoms with Crippen LogP contribution in [0.3, 0.4) is 0 Å². The van der Waals surface area contributed by atoms with Crippen LogP contribution in [0, 0.1) is 5.92 Å². The van der Waals surface area contributed by atoms with Gasteiger partial charge in [0.15, 0.2) is 5.69 Å². The van der Waals surface area contributed by atoms with Gasteiger partial charge in [0.1, 0.15) is 0 Å². The third-order valence-corrected chi connectivity index (χ3v) is 3.99. The Bertz CT molecular complexity index is 517. The van der Waals surface area contributed by atoms with Gasteiger partial charge in [-0.05, 0) is 12.8 Å². The lowest BCUT2D eigenvalue weighted by Gasteiger charge is -2.29. The lowest BCUT2D eigenvalue weighted by molar-refractivity contribution is -0.143. The van der Waals surface area contributed by atoms with Crippen LogP contribution in [0.25, 0.3) is 0 Å². The van der Waals surface area contributed by atoms with Crippen LogP contribution in [0.15, 0.2) is 6.20 Å². The molecular formula is C12H17N5O3. The van der Waals surface area contributed by atoms with E-state index in [0.29, 0.717) is 31.6 Å². The van der Waals surface area contributed by atoms with Crippen molar-refractivity contribution < 1.29 is 14.7 Å². The molecule has 1 aromatic heterocycles. The van der Waals surface area contributed by atoms with E-state index in [0.717, 1.165) is 13.1 Å². The Morgan fingerprint density at radius 2 is 2.00 bits per heavy atom. The molecule has 0 radical (unpaired) electrons. The highest BCUT2D eigenvalue weighted by molar-refractivity contribution is 5.92. The minimum atomic E-state index is -0.777. The zero-order valence-corrected chi connectivity index (χ0v) is 11.0. The van der Waals surface area contributed by atoms with Crippen molar-refractivity contribution in [2.45, 2.75) is 18.9 Å². The summed E-state index contributed by atoms with van der Waals surface area (Å²) in [5, 5.41) is 20.0. The van der Waals surface area contributed by atoms with Gasteiger partial charge in [0.2, 0.25) is 0 Å². The molecular weight excluding hydrogens is 262 g/mol. The highest BCUT2D eigenvalue weighted by Gasteiger charge is 2.29. The van der Waals surface area contributed by atoms with Crippen molar-refractivity contribution in [3.63, 3.8) is 0 Å². The molecule has 1 aromatic rings. The molecule has 0 aromatic carbocycles. The third kappa shape index (κ3) is 2.38. The van der Waals surface area contributed by atoms with Crippen LogP contribution in [-0.4, -0.2) is 63.1 Å². The first-order valence-corrected chi connectivity index (χ1v) is 6.80. The number of nitrogens with one attached hydrogen (secondary N) is 1. The molecule has 108 valence electrons. The molecule has 8 nitrogen and oxygen atoms in total. The zero-order chi connectivity index (χ0) is 14.1. The summed E-state index contributed by atoms with van der Waals surface area (Å²) in [6.45, 7) is 2.63. The monoisotopic (exact) mass is 279 g/mol. The molecule has 20 heavy (non-hydrogen) atoms. The van der Waals surface area contributed by atoms with Gasteiger partial charge in [-0.15, -0.1) is 5.10 Å². The van der Waals surface area contributed by atoms with Crippen LogP contribution in [0.4, 0.5) is 0 Å². The molecule has 2 fully saturated rings. The van der Waals surface area contributed by atoms with Crippen LogP contribution in [0.1, 0.15) is 29.4 Å². The Morgan fingerprint density at radius 1 is 1.30 bits per heavy atom. The smallest absolute Gasteiger partial charge is 0.306 e. The van der Waals surface area contributed by atoms with E-state index in [4.69, 9.17) is 5.11 Å². The van der Waals surface area contributed by atoms with Crippen LogP contribution < -0.4 is 5.32 Å². The second kappa shape index (κ2) is 5.20. The molecule has 0 atom stereocenters. The molecule has 0 spiro atoms. The maximum absolute atomic E-state index is 12.3. The molecule has 0 unspecified atom stereocenters. The van der Waals surface area contributed by atoms with Gasteiger partial charge in [-0.2, -0.15) is 0 Å². The van der Waals surface area contributed by atoms with Crippen LogP contribution in [0.2, 0.25) is 0 Å². The first kappa shape index (κ1) is 13.0. The van der Waals surface area contributed by atoms with Crippen molar-refractivity contribution in [2.75, 3.05) is 26.2 Å². The van der Waals surface area contributed by atoms with Gasteiger partial charge in [0, 0.05) is 26.2 Å². The van der Waals surface area contributed by atoms with E-state index in [2.05, 4.69) is 15.6 Å². The molecule has 0 saturated carbocycles. The quantitative estimate of drug-likeness (QED) is 0.763.